The van der Waals surface area contributed by atoms with E-state index in [0.29, 0.717) is 23.8 Å². The average Bonchev–Trinajstić information content (AvgIpc) is 2.68. The summed E-state index contributed by atoms with van der Waals surface area (Å²) >= 11 is 0. The van der Waals surface area contributed by atoms with Crippen molar-refractivity contribution in [2.24, 2.45) is 0 Å². The number of ether oxygens (including phenoxy) is 1. The Kier molecular flexibility index (Phi) is 5.84. The zero-order valence-electron chi connectivity index (χ0n) is 16.1. The lowest BCUT2D eigenvalue weighted by Gasteiger charge is -2.11. The quantitative estimate of drug-likeness (QED) is 0.627. The van der Waals surface area contributed by atoms with Gasteiger partial charge in [0.15, 0.2) is 0 Å². The zero-order chi connectivity index (χ0) is 20.1. The molecule has 0 amide bonds. The number of methoxy groups -OCH3 is 1. The van der Waals surface area contributed by atoms with Crippen LogP contribution in [0.3, 0.4) is 0 Å². The smallest absolute Gasteiger partial charge is 0.261 e. The highest BCUT2D eigenvalue weighted by Gasteiger charge is 2.16. The number of hydrogen-bond donors (Lipinski definition) is 2. The number of nitrogens with one attached hydrogen (secondary N) is 2. The molecule has 0 aliphatic rings. The molecule has 2 aromatic carbocycles. The molecule has 0 bridgehead atoms. The lowest BCUT2D eigenvalue weighted by molar-refractivity contribution is 0.411. The normalized spacial score (nSPS) is 11.1. The zero-order valence-corrected chi connectivity index (χ0v) is 16.9. The molecular formula is C21H23N3O3S. The number of aromatic nitrogens is 1. The van der Waals surface area contributed by atoms with Crippen LogP contribution in [0.4, 0.5) is 11.5 Å². The summed E-state index contributed by atoms with van der Waals surface area (Å²) in [6, 6.07) is 16.3. The third kappa shape index (κ3) is 4.61. The molecular weight excluding hydrogens is 374 g/mol. The maximum atomic E-state index is 12.6. The van der Waals surface area contributed by atoms with Gasteiger partial charge >= 0.3 is 0 Å². The number of sulfonamides is 1. The van der Waals surface area contributed by atoms with Crippen LogP contribution in [0.15, 0.2) is 65.7 Å². The first-order valence-electron chi connectivity index (χ1n) is 8.81. The molecule has 0 spiro atoms. The number of pyridine rings is 1. The van der Waals surface area contributed by atoms with E-state index in [1.807, 2.05) is 12.1 Å². The van der Waals surface area contributed by atoms with Gasteiger partial charge in [0.1, 0.15) is 11.6 Å². The first-order valence-corrected chi connectivity index (χ1v) is 10.3. The Labute approximate surface area is 165 Å². The molecule has 1 heterocycles. The molecule has 28 heavy (non-hydrogen) atoms. The number of nitrogens with zero attached hydrogens (tertiary/aromatic N) is 1. The van der Waals surface area contributed by atoms with Gasteiger partial charge < -0.3 is 10.1 Å². The van der Waals surface area contributed by atoms with E-state index in [1.54, 1.807) is 38.3 Å². The van der Waals surface area contributed by atoms with E-state index in [1.165, 1.54) is 23.4 Å². The van der Waals surface area contributed by atoms with E-state index in [9.17, 15) is 8.42 Å². The molecule has 0 atom stereocenters. The Morgan fingerprint density at radius 2 is 1.79 bits per heavy atom. The third-order valence-corrected chi connectivity index (χ3v) is 5.79. The molecule has 3 aromatic rings. The number of hydrogen-bond acceptors (Lipinski definition) is 5. The topological polar surface area (TPSA) is 80.3 Å². The summed E-state index contributed by atoms with van der Waals surface area (Å²) in [5, 5.41) is 3.24. The van der Waals surface area contributed by atoms with Gasteiger partial charge in [-0.25, -0.2) is 13.4 Å². The van der Waals surface area contributed by atoms with E-state index >= 15 is 0 Å². The second-order valence-electron chi connectivity index (χ2n) is 6.45. The van der Waals surface area contributed by atoms with Gasteiger partial charge in [-0.15, -0.1) is 0 Å². The van der Waals surface area contributed by atoms with Gasteiger partial charge in [0.25, 0.3) is 10.0 Å². The maximum Gasteiger partial charge on any atom is 0.261 e. The fourth-order valence-electron chi connectivity index (χ4n) is 2.79. The summed E-state index contributed by atoms with van der Waals surface area (Å²) in [7, 11) is -2.15. The van der Waals surface area contributed by atoms with Crippen LogP contribution in [0.2, 0.25) is 0 Å². The Morgan fingerprint density at radius 1 is 1.00 bits per heavy atom. The molecule has 6 nitrogen and oxygen atoms in total. The van der Waals surface area contributed by atoms with Crippen molar-refractivity contribution >= 4 is 21.5 Å². The highest BCUT2D eigenvalue weighted by molar-refractivity contribution is 7.92. The molecule has 0 radical (unpaired) electrons. The highest BCUT2D eigenvalue weighted by Crippen LogP contribution is 2.23. The molecule has 146 valence electrons. The second-order valence-corrected chi connectivity index (χ2v) is 8.13. The van der Waals surface area contributed by atoms with Crippen molar-refractivity contribution in [2.45, 2.75) is 25.3 Å². The Bertz CT molecular complexity index is 1060. The van der Waals surface area contributed by atoms with Gasteiger partial charge in [0, 0.05) is 6.54 Å². The molecule has 0 unspecified atom stereocenters. The average molecular weight is 398 g/mol. The minimum absolute atomic E-state index is 0.174. The monoisotopic (exact) mass is 397 g/mol. The molecule has 0 saturated carbocycles. The van der Waals surface area contributed by atoms with E-state index in [-0.39, 0.29) is 4.90 Å². The van der Waals surface area contributed by atoms with Crippen LogP contribution in [0.5, 0.6) is 5.75 Å². The molecule has 0 fully saturated rings. The van der Waals surface area contributed by atoms with Crippen LogP contribution in [0, 0.1) is 13.8 Å². The SMILES string of the molecule is COc1ccc(S(=O)(=O)Nc2ccc(NCc3ccccc3C)nc2)cc1C. The van der Waals surface area contributed by atoms with Crippen molar-refractivity contribution in [2.75, 3.05) is 17.1 Å². The van der Waals surface area contributed by atoms with Crippen molar-refractivity contribution < 1.29 is 13.2 Å². The molecule has 7 heteroatoms. The summed E-state index contributed by atoms with van der Waals surface area (Å²) in [5.41, 5.74) is 3.53. The predicted octanol–water partition coefficient (Wildman–Crippen LogP) is 4.12. The number of aryl methyl sites for hydroxylation is 2. The van der Waals surface area contributed by atoms with E-state index in [2.05, 4.69) is 34.1 Å². The van der Waals surface area contributed by atoms with Gasteiger partial charge in [-0.1, -0.05) is 24.3 Å². The molecule has 0 aliphatic heterocycles. The number of anilines is 2. The van der Waals surface area contributed by atoms with Crippen LogP contribution in [-0.2, 0) is 16.6 Å². The van der Waals surface area contributed by atoms with Gasteiger partial charge in [-0.2, -0.15) is 0 Å². The Hall–Kier alpha value is -3.06. The van der Waals surface area contributed by atoms with Crippen LogP contribution >= 0.6 is 0 Å². The lowest BCUT2D eigenvalue weighted by atomic mass is 10.1. The summed E-state index contributed by atoms with van der Waals surface area (Å²) < 4.78 is 32.9. The summed E-state index contributed by atoms with van der Waals surface area (Å²) in [6.45, 7) is 4.51. The molecule has 0 saturated heterocycles. The van der Waals surface area contributed by atoms with Crippen molar-refractivity contribution in [3.63, 3.8) is 0 Å². The van der Waals surface area contributed by atoms with Crippen LogP contribution in [0.25, 0.3) is 0 Å². The molecule has 2 N–H and O–H groups in total. The minimum Gasteiger partial charge on any atom is -0.496 e. The van der Waals surface area contributed by atoms with Gasteiger partial charge in [0.05, 0.1) is 23.9 Å². The summed E-state index contributed by atoms with van der Waals surface area (Å²) in [4.78, 5) is 4.46. The van der Waals surface area contributed by atoms with Crippen molar-refractivity contribution in [3.05, 3.63) is 77.5 Å². The molecule has 0 aliphatic carbocycles. The summed E-state index contributed by atoms with van der Waals surface area (Å²) in [5.74, 6) is 1.32. The van der Waals surface area contributed by atoms with Gasteiger partial charge in [-0.05, 0) is 60.9 Å². The van der Waals surface area contributed by atoms with Crippen molar-refractivity contribution in [3.8, 4) is 5.75 Å². The van der Waals surface area contributed by atoms with E-state index in [0.717, 1.165) is 5.56 Å². The Morgan fingerprint density at radius 3 is 2.43 bits per heavy atom. The molecule has 1 aromatic heterocycles. The highest BCUT2D eigenvalue weighted by atomic mass is 32.2. The van der Waals surface area contributed by atoms with Crippen LogP contribution in [-0.4, -0.2) is 20.5 Å². The van der Waals surface area contributed by atoms with Crippen molar-refractivity contribution in [1.29, 1.82) is 0 Å². The predicted molar refractivity (Wildman–Crippen MR) is 111 cm³/mol. The Balaban J connectivity index is 1.68. The van der Waals surface area contributed by atoms with Gasteiger partial charge in [0.2, 0.25) is 0 Å². The number of benzene rings is 2. The van der Waals surface area contributed by atoms with Crippen LogP contribution in [0.1, 0.15) is 16.7 Å². The molecule has 3 rings (SSSR count). The third-order valence-electron chi connectivity index (χ3n) is 4.41. The van der Waals surface area contributed by atoms with Crippen LogP contribution < -0.4 is 14.8 Å². The maximum absolute atomic E-state index is 12.6. The minimum atomic E-state index is -3.70. The second kappa shape index (κ2) is 8.31. The van der Waals surface area contributed by atoms with Crippen molar-refractivity contribution in [1.82, 2.24) is 4.98 Å². The van der Waals surface area contributed by atoms with Gasteiger partial charge in [-0.3, -0.25) is 4.72 Å². The first-order chi connectivity index (χ1) is 13.4. The fourth-order valence-corrected chi connectivity index (χ4v) is 3.91. The van der Waals surface area contributed by atoms with E-state index in [4.69, 9.17) is 4.74 Å². The first kappa shape index (κ1) is 19.7. The number of rotatable bonds is 7. The summed E-state index contributed by atoms with van der Waals surface area (Å²) in [6.07, 6.45) is 1.49. The lowest BCUT2D eigenvalue weighted by Crippen LogP contribution is -2.13. The van der Waals surface area contributed by atoms with E-state index < -0.39 is 10.0 Å². The standard InChI is InChI=1S/C21H23N3O3S/c1-15-6-4-5-7-17(15)13-22-21-11-8-18(14-23-21)24-28(25,26)19-9-10-20(27-3)16(2)12-19/h4-12,14,24H,13H2,1-3H3,(H,22,23). The fraction of sp³-hybridized carbons (Fsp3) is 0.190. The largest absolute Gasteiger partial charge is 0.496 e.